The summed E-state index contributed by atoms with van der Waals surface area (Å²) in [6, 6.07) is 18.9. The normalized spacial score (nSPS) is 11.9. The Morgan fingerprint density at radius 1 is 0.875 bits per heavy atom. The minimum absolute atomic E-state index is 0.00791. The van der Waals surface area contributed by atoms with Crippen molar-refractivity contribution in [3.8, 4) is 28.1 Å². The average Bonchev–Trinajstić information content (AvgIpc) is 3.19. The Morgan fingerprint density at radius 3 is 2.31 bits per heavy atom. The van der Waals surface area contributed by atoms with Crippen molar-refractivity contribution in [2.75, 3.05) is 0 Å². The first-order valence-corrected chi connectivity index (χ1v) is 9.88. The third kappa shape index (κ3) is 3.62. The van der Waals surface area contributed by atoms with Crippen molar-refractivity contribution < 1.29 is 17.9 Å². The van der Waals surface area contributed by atoms with Gasteiger partial charge in [0.05, 0.1) is 5.69 Å². The van der Waals surface area contributed by atoms with Gasteiger partial charge in [-0.1, -0.05) is 30.3 Å². The fourth-order valence-corrected chi connectivity index (χ4v) is 3.89. The highest BCUT2D eigenvalue weighted by Gasteiger charge is 2.30. The maximum Gasteiger partial charge on any atom is 0.573 e. The largest absolute Gasteiger partial charge is 0.573 e. The standard InChI is InChI=1S/C25H17F3N2O2/c1-15-23(29-22-5-3-2-4-21(22)24(15)31)18-12-19-9-6-17(13-30(19)14-18)16-7-10-20(11-8-16)32-25(26,27)28/h2-14H,1H3,(H,29,31). The van der Waals surface area contributed by atoms with Crippen LogP contribution in [0.25, 0.3) is 38.8 Å². The molecule has 0 aliphatic rings. The Hall–Kier alpha value is -4.00. The molecule has 0 aliphatic carbocycles. The SMILES string of the molecule is Cc1c(-c2cc3ccc(-c4ccc(OC(F)(F)F)cc4)cn3c2)[nH]c2ccccc2c1=O. The van der Waals surface area contributed by atoms with E-state index in [4.69, 9.17) is 0 Å². The Balaban J connectivity index is 1.53. The second-order valence-corrected chi connectivity index (χ2v) is 7.55. The van der Waals surface area contributed by atoms with Crippen LogP contribution in [0.4, 0.5) is 13.2 Å². The molecule has 0 spiro atoms. The van der Waals surface area contributed by atoms with Gasteiger partial charge in [0.15, 0.2) is 5.43 Å². The van der Waals surface area contributed by atoms with E-state index in [2.05, 4.69) is 9.72 Å². The van der Waals surface area contributed by atoms with Crippen LogP contribution in [0, 0.1) is 6.92 Å². The first kappa shape index (κ1) is 19.9. The van der Waals surface area contributed by atoms with Crippen LogP contribution in [0.2, 0.25) is 0 Å². The number of fused-ring (bicyclic) bond motifs is 2. The van der Waals surface area contributed by atoms with E-state index in [0.717, 1.165) is 33.4 Å². The second kappa shape index (κ2) is 7.30. The van der Waals surface area contributed by atoms with Crippen LogP contribution < -0.4 is 10.2 Å². The first-order chi connectivity index (χ1) is 15.3. The second-order valence-electron chi connectivity index (χ2n) is 7.55. The number of hydrogen-bond donors (Lipinski definition) is 1. The summed E-state index contributed by atoms with van der Waals surface area (Å²) in [5, 5.41) is 0.651. The number of nitrogens with one attached hydrogen (secondary N) is 1. The van der Waals surface area contributed by atoms with Crippen molar-refractivity contribution in [3.05, 3.63) is 94.9 Å². The highest BCUT2D eigenvalue weighted by molar-refractivity contribution is 5.84. The van der Waals surface area contributed by atoms with E-state index in [0.29, 0.717) is 10.9 Å². The Morgan fingerprint density at radius 2 is 1.56 bits per heavy atom. The number of pyridine rings is 2. The minimum Gasteiger partial charge on any atom is -0.406 e. The molecule has 5 rings (SSSR count). The van der Waals surface area contributed by atoms with E-state index in [1.807, 2.05) is 53.2 Å². The number of rotatable bonds is 3. The fourth-order valence-electron chi connectivity index (χ4n) is 3.89. The lowest BCUT2D eigenvalue weighted by Crippen LogP contribution is -2.16. The number of halogens is 3. The zero-order valence-corrected chi connectivity index (χ0v) is 16.9. The van der Waals surface area contributed by atoms with Crippen molar-refractivity contribution in [1.82, 2.24) is 9.38 Å². The molecule has 0 amide bonds. The Labute approximate surface area is 180 Å². The quantitative estimate of drug-likeness (QED) is 0.361. The van der Waals surface area contributed by atoms with E-state index < -0.39 is 6.36 Å². The van der Waals surface area contributed by atoms with Crippen molar-refractivity contribution in [2.24, 2.45) is 0 Å². The molecule has 0 saturated heterocycles. The lowest BCUT2D eigenvalue weighted by Gasteiger charge is -2.09. The molecule has 0 atom stereocenters. The monoisotopic (exact) mass is 434 g/mol. The van der Waals surface area contributed by atoms with Gasteiger partial charge in [-0.3, -0.25) is 4.79 Å². The van der Waals surface area contributed by atoms with Crippen molar-refractivity contribution in [1.29, 1.82) is 0 Å². The maximum absolute atomic E-state index is 12.8. The van der Waals surface area contributed by atoms with Gasteiger partial charge in [0.1, 0.15) is 5.75 Å². The van der Waals surface area contributed by atoms with Gasteiger partial charge < -0.3 is 14.1 Å². The van der Waals surface area contributed by atoms with Gasteiger partial charge in [-0.25, -0.2) is 0 Å². The summed E-state index contributed by atoms with van der Waals surface area (Å²) in [4.78, 5) is 16.1. The molecule has 2 aromatic carbocycles. The molecule has 7 heteroatoms. The van der Waals surface area contributed by atoms with Crippen molar-refractivity contribution in [3.63, 3.8) is 0 Å². The summed E-state index contributed by atoms with van der Waals surface area (Å²) in [6.07, 6.45) is -0.899. The number of aromatic nitrogens is 2. The molecule has 3 heterocycles. The summed E-state index contributed by atoms with van der Waals surface area (Å²) >= 11 is 0. The van der Waals surface area contributed by atoms with Gasteiger partial charge in [-0.15, -0.1) is 13.2 Å². The van der Waals surface area contributed by atoms with Crippen molar-refractivity contribution >= 4 is 16.4 Å². The molecule has 0 bridgehead atoms. The average molecular weight is 434 g/mol. The van der Waals surface area contributed by atoms with E-state index in [9.17, 15) is 18.0 Å². The van der Waals surface area contributed by atoms with E-state index in [1.54, 1.807) is 25.1 Å². The van der Waals surface area contributed by atoms with Gasteiger partial charge in [-0.2, -0.15) is 0 Å². The molecule has 160 valence electrons. The Kier molecular flexibility index (Phi) is 4.55. The van der Waals surface area contributed by atoms with Crippen LogP contribution in [-0.2, 0) is 0 Å². The number of nitrogens with zero attached hydrogens (tertiary/aromatic N) is 1. The van der Waals surface area contributed by atoms with Gasteiger partial charge >= 0.3 is 6.36 Å². The highest BCUT2D eigenvalue weighted by atomic mass is 19.4. The van der Waals surface area contributed by atoms with Gasteiger partial charge in [0, 0.05) is 39.9 Å². The van der Waals surface area contributed by atoms with Gasteiger partial charge in [0.2, 0.25) is 0 Å². The number of benzene rings is 2. The minimum atomic E-state index is -4.72. The molecule has 0 unspecified atom stereocenters. The molecule has 0 aliphatic heterocycles. The first-order valence-electron chi connectivity index (χ1n) is 9.88. The van der Waals surface area contributed by atoms with E-state index in [1.165, 1.54) is 12.1 Å². The number of para-hydroxylation sites is 1. The third-order valence-electron chi connectivity index (χ3n) is 5.45. The zero-order chi connectivity index (χ0) is 22.5. The maximum atomic E-state index is 12.8. The lowest BCUT2D eigenvalue weighted by atomic mass is 10.1. The summed E-state index contributed by atoms with van der Waals surface area (Å²) in [5.74, 6) is -0.263. The smallest absolute Gasteiger partial charge is 0.406 e. The highest BCUT2D eigenvalue weighted by Crippen LogP contribution is 2.29. The topological polar surface area (TPSA) is 46.5 Å². The molecule has 5 aromatic rings. The predicted octanol–water partition coefficient (Wildman–Crippen LogP) is 6.32. The number of alkyl halides is 3. The van der Waals surface area contributed by atoms with Gasteiger partial charge in [0.25, 0.3) is 0 Å². The molecule has 0 fully saturated rings. The fraction of sp³-hybridized carbons (Fsp3) is 0.0800. The molecule has 4 nitrogen and oxygen atoms in total. The summed E-state index contributed by atoms with van der Waals surface area (Å²) in [6.45, 7) is 1.80. The lowest BCUT2D eigenvalue weighted by molar-refractivity contribution is -0.274. The predicted molar refractivity (Wildman–Crippen MR) is 118 cm³/mol. The van der Waals surface area contributed by atoms with Crippen molar-refractivity contribution in [2.45, 2.75) is 13.3 Å². The van der Waals surface area contributed by atoms with Crippen LogP contribution in [-0.4, -0.2) is 15.7 Å². The summed E-state index contributed by atoms with van der Waals surface area (Å²) < 4.78 is 43.0. The molecule has 32 heavy (non-hydrogen) atoms. The molecule has 0 radical (unpaired) electrons. The van der Waals surface area contributed by atoms with Crippen LogP contribution in [0.5, 0.6) is 5.75 Å². The van der Waals surface area contributed by atoms with E-state index in [-0.39, 0.29) is 11.2 Å². The number of ether oxygens (including phenoxy) is 1. The van der Waals surface area contributed by atoms with Gasteiger partial charge in [-0.05, 0) is 54.4 Å². The molecule has 0 saturated carbocycles. The molecular weight excluding hydrogens is 417 g/mol. The third-order valence-corrected chi connectivity index (χ3v) is 5.45. The molecular formula is C25H17F3N2O2. The number of hydrogen-bond acceptors (Lipinski definition) is 2. The number of H-pyrrole nitrogens is 1. The molecule has 1 N–H and O–H groups in total. The molecule has 3 aromatic heterocycles. The summed E-state index contributed by atoms with van der Waals surface area (Å²) in [7, 11) is 0. The van der Waals surface area contributed by atoms with E-state index >= 15 is 0 Å². The van der Waals surface area contributed by atoms with Crippen LogP contribution in [0.15, 0.2) is 83.9 Å². The Bertz CT molecular complexity index is 1510. The number of aromatic amines is 1. The van der Waals surface area contributed by atoms with Crippen LogP contribution >= 0.6 is 0 Å². The van der Waals surface area contributed by atoms with Crippen LogP contribution in [0.1, 0.15) is 5.56 Å². The zero-order valence-electron chi connectivity index (χ0n) is 16.9. The summed E-state index contributed by atoms with van der Waals surface area (Å²) in [5.41, 5.74) is 5.55. The van der Waals surface area contributed by atoms with Crippen LogP contribution in [0.3, 0.4) is 0 Å².